The zero-order valence-electron chi connectivity index (χ0n) is 15.5. The zero-order chi connectivity index (χ0) is 20.3. The van der Waals surface area contributed by atoms with Gasteiger partial charge in [-0.1, -0.05) is 6.42 Å². The van der Waals surface area contributed by atoms with Crippen LogP contribution < -0.4 is 5.32 Å². The number of carboxylic acids is 1. The predicted molar refractivity (Wildman–Crippen MR) is 105 cm³/mol. The number of nitrogens with zero attached hydrogens (tertiary/aromatic N) is 1. The number of hydrogen-bond acceptors (Lipinski definition) is 4. The SMILES string of the molecule is C[C@@H]1CCCCN1S(=O)(=O)c1ccc(C(=O)Nc2ccc(C(=O)O)cc2)cc1. The van der Waals surface area contributed by atoms with Crippen molar-refractivity contribution in [3.63, 3.8) is 0 Å². The van der Waals surface area contributed by atoms with Gasteiger partial charge in [0.15, 0.2) is 0 Å². The molecule has 2 aromatic carbocycles. The Balaban J connectivity index is 1.72. The van der Waals surface area contributed by atoms with Crippen LogP contribution in [0.3, 0.4) is 0 Å². The molecule has 3 rings (SSSR count). The molecule has 1 heterocycles. The Kier molecular flexibility index (Phi) is 5.81. The van der Waals surface area contributed by atoms with Gasteiger partial charge in [0.05, 0.1) is 10.5 Å². The number of amides is 1. The summed E-state index contributed by atoms with van der Waals surface area (Å²) in [7, 11) is -3.58. The van der Waals surface area contributed by atoms with Gasteiger partial charge in [-0.05, 0) is 68.3 Å². The molecule has 0 unspecified atom stereocenters. The number of carbonyl (C=O) groups excluding carboxylic acids is 1. The number of piperidine rings is 1. The molecule has 0 aliphatic carbocycles. The molecule has 1 aliphatic rings. The third-order valence-corrected chi connectivity index (χ3v) is 6.88. The first kappa shape index (κ1) is 20.0. The largest absolute Gasteiger partial charge is 0.478 e. The molecule has 1 fully saturated rings. The molecule has 1 atom stereocenters. The van der Waals surface area contributed by atoms with Crippen molar-refractivity contribution < 1.29 is 23.1 Å². The molecular weight excluding hydrogens is 380 g/mol. The van der Waals surface area contributed by atoms with E-state index in [1.807, 2.05) is 6.92 Å². The van der Waals surface area contributed by atoms with Gasteiger partial charge in [0.25, 0.3) is 5.91 Å². The van der Waals surface area contributed by atoms with Crippen LogP contribution in [0.4, 0.5) is 5.69 Å². The Morgan fingerprint density at radius 1 is 1.00 bits per heavy atom. The van der Waals surface area contributed by atoms with Gasteiger partial charge in [-0.25, -0.2) is 13.2 Å². The second-order valence-corrected chi connectivity index (χ2v) is 8.71. The van der Waals surface area contributed by atoms with E-state index in [2.05, 4.69) is 5.32 Å². The van der Waals surface area contributed by atoms with Crippen molar-refractivity contribution in [2.45, 2.75) is 37.1 Å². The van der Waals surface area contributed by atoms with Crippen LogP contribution in [0.25, 0.3) is 0 Å². The van der Waals surface area contributed by atoms with E-state index in [1.165, 1.54) is 52.8 Å². The van der Waals surface area contributed by atoms with Crippen LogP contribution in [-0.4, -0.2) is 42.3 Å². The molecule has 1 saturated heterocycles. The highest BCUT2D eigenvalue weighted by Crippen LogP contribution is 2.25. The van der Waals surface area contributed by atoms with Crippen molar-refractivity contribution in [2.24, 2.45) is 0 Å². The van der Waals surface area contributed by atoms with Crippen molar-refractivity contribution in [3.05, 3.63) is 59.7 Å². The van der Waals surface area contributed by atoms with Crippen LogP contribution in [-0.2, 0) is 10.0 Å². The summed E-state index contributed by atoms with van der Waals surface area (Å²) in [6, 6.07) is 11.6. The highest BCUT2D eigenvalue weighted by molar-refractivity contribution is 7.89. The molecule has 0 aromatic heterocycles. The lowest BCUT2D eigenvalue weighted by Gasteiger charge is -2.32. The normalized spacial score (nSPS) is 17.8. The number of anilines is 1. The van der Waals surface area contributed by atoms with Gasteiger partial charge in [0.2, 0.25) is 10.0 Å². The Bertz CT molecular complexity index is 969. The van der Waals surface area contributed by atoms with Crippen molar-refractivity contribution in [3.8, 4) is 0 Å². The molecule has 0 saturated carbocycles. The summed E-state index contributed by atoms with van der Waals surface area (Å²) < 4.78 is 27.2. The van der Waals surface area contributed by atoms with Crippen LogP contribution >= 0.6 is 0 Å². The fraction of sp³-hybridized carbons (Fsp3) is 0.300. The molecule has 28 heavy (non-hydrogen) atoms. The molecule has 1 amide bonds. The average molecular weight is 402 g/mol. The Hall–Kier alpha value is -2.71. The number of rotatable bonds is 5. The van der Waals surface area contributed by atoms with Crippen LogP contribution in [0.15, 0.2) is 53.4 Å². The number of carbonyl (C=O) groups is 2. The lowest BCUT2D eigenvalue weighted by atomic mass is 10.1. The number of aromatic carboxylic acids is 1. The summed E-state index contributed by atoms with van der Waals surface area (Å²) in [5.41, 5.74) is 0.890. The number of sulfonamides is 1. The lowest BCUT2D eigenvalue weighted by molar-refractivity contribution is 0.0696. The third-order valence-electron chi connectivity index (χ3n) is 4.85. The highest BCUT2D eigenvalue weighted by atomic mass is 32.2. The number of benzene rings is 2. The first-order valence-corrected chi connectivity index (χ1v) is 10.5. The maximum atomic E-state index is 12.8. The molecule has 1 aliphatic heterocycles. The zero-order valence-corrected chi connectivity index (χ0v) is 16.3. The highest BCUT2D eigenvalue weighted by Gasteiger charge is 2.30. The van der Waals surface area contributed by atoms with Crippen molar-refractivity contribution in [1.82, 2.24) is 4.31 Å². The molecule has 2 aromatic rings. The summed E-state index contributed by atoms with van der Waals surface area (Å²) >= 11 is 0. The second-order valence-electron chi connectivity index (χ2n) is 6.82. The topological polar surface area (TPSA) is 104 Å². The summed E-state index contributed by atoms with van der Waals surface area (Å²) in [5.74, 6) is -1.45. The van der Waals surface area contributed by atoms with Gasteiger partial charge in [-0.2, -0.15) is 4.31 Å². The molecular formula is C20H22N2O5S. The molecule has 148 valence electrons. The number of nitrogens with one attached hydrogen (secondary N) is 1. The molecule has 0 radical (unpaired) electrons. The molecule has 2 N–H and O–H groups in total. The molecule has 7 nitrogen and oxygen atoms in total. The van der Waals surface area contributed by atoms with E-state index in [1.54, 1.807) is 0 Å². The van der Waals surface area contributed by atoms with Gasteiger partial charge in [-0.3, -0.25) is 4.79 Å². The minimum atomic E-state index is -3.58. The predicted octanol–water partition coefficient (Wildman–Crippen LogP) is 3.20. The van der Waals surface area contributed by atoms with Crippen molar-refractivity contribution in [1.29, 1.82) is 0 Å². The van der Waals surface area contributed by atoms with E-state index in [0.717, 1.165) is 19.3 Å². The Labute approximate surface area is 164 Å². The summed E-state index contributed by atoms with van der Waals surface area (Å²) in [4.78, 5) is 23.4. The van der Waals surface area contributed by atoms with Crippen LogP contribution in [0.2, 0.25) is 0 Å². The summed E-state index contributed by atoms with van der Waals surface area (Å²) in [6.45, 7) is 2.42. The Morgan fingerprint density at radius 2 is 1.61 bits per heavy atom. The van der Waals surface area contributed by atoms with Gasteiger partial charge in [0, 0.05) is 23.8 Å². The quantitative estimate of drug-likeness (QED) is 0.799. The second kappa shape index (κ2) is 8.12. The number of carboxylic acid groups (broad SMARTS) is 1. The van der Waals surface area contributed by atoms with Crippen molar-refractivity contribution in [2.75, 3.05) is 11.9 Å². The Morgan fingerprint density at radius 3 is 2.18 bits per heavy atom. The van der Waals surface area contributed by atoms with E-state index >= 15 is 0 Å². The van der Waals surface area contributed by atoms with Crippen LogP contribution in [0.1, 0.15) is 46.9 Å². The van der Waals surface area contributed by atoms with Gasteiger partial charge in [0.1, 0.15) is 0 Å². The van der Waals surface area contributed by atoms with E-state index in [0.29, 0.717) is 17.8 Å². The van der Waals surface area contributed by atoms with Gasteiger partial charge < -0.3 is 10.4 Å². The summed E-state index contributed by atoms with van der Waals surface area (Å²) in [6.07, 6.45) is 2.73. The minimum Gasteiger partial charge on any atom is -0.478 e. The minimum absolute atomic E-state index is 0.0319. The molecule has 0 bridgehead atoms. The summed E-state index contributed by atoms with van der Waals surface area (Å²) in [5, 5.41) is 11.6. The fourth-order valence-electron chi connectivity index (χ4n) is 3.24. The van der Waals surface area contributed by atoms with E-state index in [-0.39, 0.29) is 16.5 Å². The van der Waals surface area contributed by atoms with Gasteiger partial charge in [-0.15, -0.1) is 0 Å². The smallest absolute Gasteiger partial charge is 0.335 e. The van der Waals surface area contributed by atoms with Crippen LogP contribution in [0.5, 0.6) is 0 Å². The molecule has 8 heteroatoms. The third kappa shape index (κ3) is 4.23. The fourth-order valence-corrected chi connectivity index (χ4v) is 4.94. The van der Waals surface area contributed by atoms with Crippen molar-refractivity contribution >= 4 is 27.6 Å². The van der Waals surface area contributed by atoms with E-state index in [4.69, 9.17) is 5.11 Å². The number of hydrogen-bond donors (Lipinski definition) is 2. The lowest BCUT2D eigenvalue weighted by Crippen LogP contribution is -2.41. The van der Waals surface area contributed by atoms with Gasteiger partial charge >= 0.3 is 5.97 Å². The first-order chi connectivity index (χ1) is 13.3. The van der Waals surface area contributed by atoms with E-state index in [9.17, 15) is 18.0 Å². The maximum absolute atomic E-state index is 12.8. The first-order valence-electron chi connectivity index (χ1n) is 9.05. The molecule has 0 spiro atoms. The van der Waals surface area contributed by atoms with E-state index < -0.39 is 21.9 Å². The van der Waals surface area contributed by atoms with Crippen LogP contribution in [0, 0.1) is 0 Å². The average Bonchev–Trinajstić information content (AvgIpc) is 2.68. The maximum Gasteiger partial charge on any atom is 0.335 e. The monoisotopic (exact) mass is 402 g/mol. The standard InChI is InChI=1S/C20H22N2O5S/c1-14-4-2-3-13-22(14)28(26,27)18-11-7-15(8-12-18)19(23)21-17-9-5-16(6-10-17)20(24)25/h5-12,14H,2-4,13H2,1H3,(H,21,23)(H,24,25)/t14-/m1/s1.